The average molecular weight is 362 g/mol. The Morgan fingerprint density at radius 3 is 2.46 bits per heavy atom. The molecule has 1 fully saturated rings. The lowest BCUT2D eigenvalue weighted by Gasteiger charge is -2.43. The molecule has 26 heavy (non-hydrogen) atoms. The van der Waals surface area contributed by atoms with Crippen molar-refractivity contribution < 1.29 is 19.4 Å². The van der Waals surface area contributed by atoms with Crippen molar-refractivity contribution in [1.29, 1.82) is 0 Å². The largest absolute Gasteiger partial charge is 0.478 e. The first-order chi connectivity index (χ1) is 12.1. The molecule has 1 heterocycles. The maximum absolute atomic E-state index is 12.4. The summed E-state index contributed by atoms with van der Waals surface area (Å²) >= 11 is 0. The van der Waals surface area contributed by atoms with Crippen molar-refractivity contribution in [2.45, 2.75) is 52.8 Å². The van der Waals surface area contributed by atoms with Gasteiger partial charge in [-0.3, -0.25) is 4.90 Å². The van der Waals surface area contributed by atoms with Crippen LogP contribution in [0.25, 0.3) is 0 Å². The Bertz CT molecular complexity index is 651. The first-order valence-electron chi connectivity index (χ1n) is 9.11. The van der Waals surface area contributed by atoms with Gasteiger partial charge in [-0.2, -0.15) is 0 Å². The summed E-state index contributed by atoms with van der Waals surface area (Å²) < 4.78 is 5.50. The molecular formula is C20H30N2O4. The summed E-state index contributed by atoms with van der Waals surface area (Å²) in [5, 5.41) is 9.41. The second-order valence-corrected chi connectivity index (χ2v) is 8.17. The van der Waals surface area contributed by atoms with E-state index in [9.17, 15) is 14.7 Å². The van der Waals surface area contributed by atoms with E-state index in [0.29, 0.717) is 37.7 Å². The molecule has 1 N–H and O–H groups in total. The van der Waals surface area contributed by atoms with E-state index in [2.05, 4.69) is 18.7 Å². The summed E-state index contributed by atoms with van der Waals surface area (Å²) in [6.45, 7) is 12.3. The molecule has 1 aliphatic heterocycles. The predicted octanol–water partition coefficient (Wildman–Crippen LogP) is 3.46. The van der Waals surface area contributed by atoms with Crippen LogP contribution in [0.3, 0.4) is 0 Å². The SMILES string of the molecule is CC(C)C1CN(C(=O)OC(C)(C)C)CCN1Cc1ccccc1C(=O)O. The quantitative estimate of drug-likeness (QED) is 0.888. The second kappa shape index (κ2) is 8.08. The minimum Gasteiger partial charge on any atom is -0.478 e. The van der Waals surface area contributed by atoms with E-state index in [4.69, 9.17) is 4.74 Å². The van der Waals surface area contributed by atoms with Crippen molar-refractivity contribution in [2.75, 3.05) is 19.6 Å². The molecule has 1 atom stereocenters. The fourth-order valence-electron chi connectivity index (χ4n) is 3.25. The number of carbonyl (C=O) groups excluding carboxylic acids is 1. The highest BCUT2D eigenvalue weighted by molar-refractivity contribution is 5.89. The highest BCUT2D eigenvalue weighted by atomic mass is 16.6. The molecule has 1 aromatic carbocycles. The maximum atomic E-state index is 12.4. The van der Waals surface area contributed by atoms with Crippen LogP contribution in [0, 0.1) is 5.92 Å². The topological polar surface area (TPSA) is 70.1 Å². The standard InChI is InChI=1S/C20H30N2O4/c1-14(2)17-13-22(19(25)26-20(3,4)5)11-10-21(17)12-15-8-6-7-9-16(15)18(23)24/h6-9,14,17H,10-13H2,1-5H3,(H,23,24). The molecular weight excluding hydrogens is 332 g/mol. The van der Waals surface area contributed by atoms with Crippen molar-refractivity contribution >= 4 is 12.1 Å². The molecule has 0 saturated carbocycles. The van der Waals surface area contributed by atoms with Gasteiger partial charge in [-0.05, 0) is 38.3 Å². The molecule has 2 rings (SSSR count). The molecule has 1 unspecified atom stereocenters. The number of aromatic carboxylic acids is 1. The minimum atomic E-state index is -0.908. The van der Waals surface area contributed by atoms with E-state index in [0.717, 1.165) is 5.56 Å². The smallest absolute Gasteiger partial charge is 0.410 e. The van der Waals surface area contributed by atoms with Crippen LogP contribution in [0.2, 0.25) is 0 Å². The Kier molecular flexibility index (Phi) is 6.29. The maximum Gasteiger partial charge on any atom is 0.410 e. The van der Waals surface area contributed by atoms with Gasteiger partial charge in [-0.25, -0.2) is 9.59 Å². The van der Waals surface area contributed by atoms with Crippen LogP contribution in [0.1, 0.15) is 50.5 Å². The zero-order chi connectivity index (χ0) is 19.5. The summed E-state index contributed by atoms with van der Waals surface area (Å²) in [5.74, 6) is -0.577. The zero-order valence-electron chi connectivity index (χ0n) is 16.4. The molecule has 0 aromatic heterocycles. The Hall–Kier alpha value is -2.08. The first kappa shape index (κ1) is 20.2. The number of amides is 1. The monoisotopic (exact) mass is 362 g/mol. The van der Waals surface area contributed by atoms with Crippen LogP contribution in [0.4, 0.5) is 4.79 Å². The lowest BCUT2D eigenvalue weighted by atomic mass is 9.98. The van der Waals surface area contributed by atoms with Gasteiger partial charge in [0.05, 0.1) is 5.56 Å². The molecule has 144 valence electrons. The van der Waals surface area contributed by atoms with E-state index in [1.807, 2.05) is 32.9 Å². The number of hydrogen-bond acceptors (Lipinski definition) is 4. The average Bonchev–Trinajstić information content (AvgIpc) is 2.53. The van der Waals surface area contributed by atoms with E-state index in [1.165, 1.54) is 0 Å². The Morgan fingerprint density at radius 1 is 1.23 bits per heavy atom. The fraction of sp³-hybridized carbons (Fsp3) is 0.600. The molecule has 0 spiro atoms. The number of carboxylic acids is 1. The number of nitrogens with zero attached hydrogens (tertiary/aromatic N) is 2. The molecule has 6 heteroatoms. The normalized spacial score (nSPS) is 18.8. The van der Waals surface area contributed by atoms with Gasteiger partial charge in [0.25, 0.3) is 0 Å². The Balaban J connectivity index is 2.12. The number of hydrogen-bond donors (Lipinski definition) is 1. The summed E-state index contributed by atoms with van der Waals surface area (Å²) in [5.41, 5.74) is 0.628. The van der Waals surface area contributed by atoms with Crippen LogP contribution < -0.4 is 0 Å². The third kappa shape index (κ3) is 5.21. The minimum absolute atomic E-state index is 0.151. The van der Waals surface area contributed by atoms with Crippen LogP contribution in [0.15, 0.2) is 24.3 Å². The van der Waals surface area contributed by atoms with Gasteiger partial charge in [-0.1, -0.05) is 32.0 Å². The number of carbonyl (C=O) groups is 2. The molecule has 0 radical (unpaired) electrons. The molecule has 1 aliphatic rings. The molecule has 1 aromatic rings. The number of piperazine rings is 1. The molecule has 6 nitrogen and oxygen atoms in total. The van der Waals surface area contributed by atoms with Crippen LogP contribution in [-0.2, 0) is 11.3 Å². The highest BCUT2D eigenvalue weighted by Gasteiger charge is 2.33. The van der Waals surface area contributed by atoms with Crippen LogP contribution >= 0.6 is 0 Å². The van der Waals surface area contributed by atoms with Crippen molar-refractivity contribution in [3.63, 3.8) is 0 Å². The summed E-state index contributed by atoms with van der Waals surface area (Å²) in [6, 6.07) is 7.26. The highest BCUT2D eigenvalue weighted by Crippen LogP contribution is 2.23. The van der Waals surface area contributed by atoms with Gasteiger partial charge < -0.3 is 14.7 Å². The van der Waals surface area contributed by atoms with Gasteiger partial charge in [0.2, 0.25) is 0 Å². The van der Waals surface area contributed by atoms with Gasteiger partial charge >= 0.3 is 12.1 Å². The van der Waals surface area contributed by atoms with Gasteiger partial charge in [-0.15, -0.1) is 0 Å². The summed E-state index contributed by atoms with van der Waals surface area (Å²) in [4.78, 5) is 27.9. The van der Waals surface area contributed by atoms with Crippen molar-refractivity contribution in [3.05, 3.63) is 35.4 Å². The molecule has 0 aliphatic carbocycles. The second-order valence-electron chi connectivity index (χ2n) is 8.17. The molecule has 1 saturated heterocycles. The number of carboxylic acid groups (broad SMARTS) is 1. The van der Waals surface area contributed by atoms with E-state index in [1.54, 1.807) is 17.0 Å². The van der Waals surface area contributed by atoms with Crippen LogP contribution in [-0.4, -0.2) is 58.2 Å². The Labute approximate surface area is 155 Å². The molecule has 1 amide bonds. The lowest BCUT2D eigenvalue weighted by molar-refractivity contribution is -0.00429. The molecule has 0 bridgehead atoms. The summed E-state index contributed by atoms with van der Waals surface area (Å²) in [7, 11) is 0. The lowest BCUT2D eigenvalue weighted by Crippen LogP contribution is -2.56. The van der Waals surface area contributed by atoms with Gasteiger partial charge in [0, 0.05) is 32.2 Å². The van der Waals surface area contributed by atoms with Crippen LogP contribution in [0.5, 0.6) is 0 Å². The van der Waals surface area contributed by atoms with E-state index in [-0.39, 0.29) is 12.1 Å². The number of benzene rings is 1. The third-order valence-corrected chi connectivity index (χ3v) is 4.58. The van der Waals surface area contributed by atoms with Crippen molar-refractivity contribution in [2.24, 2.45) is 5.92 Å². The van der Waals surface area contributed by atoms with Gasteiger partial charge in [0.15, 0.2) is 0 Å². The number of ether oxygens (including phenoxy) is 1. The zero-order valence-corrected chi connectivity index (χ0v) is 16.4. The third-order valence-electron chi connectivity index (χ3n) is 4.58. The predicted molar refractivity (Wildman–Crippen MR) is 100 cm³/mol. The van der Waals surface area contributed by atoms with Crippen molar-refractivity contribution in [1.82, 2.24) is 9.80 Å². The van der Waals surface area contributed by atoms with E-state index >= 15 is 0 Å². The number of rotatable bonds is 4. The summed E-state index contributed by atoms with van der Waals surface area (Å²) in [6.07, 6.45) is -0.284. The van der Waals surface area contributed by atoms with Crippen molar-refractivity contribution in [3.8, 4) is 0 Å². The van der Waals surface area contributed by atoms with Gasteiger partial charge in [0.1, 0.15) is 5.60 Å². The van der Waals surface area contributed by atoms with E-state index < -0.39 is 11.6 Å². The first-order valence-corrected chi connectivity index (χ1v) is 9.11. The Morgan fingerprint density at radius 2 is 1.88 bits per heavy atom. The fourth-order valence-corrected chi connectivity index (χ4v) is 3.25.